The summed E-state index contributed by atoms with van der Waals surface area (Å²) in [6, 6.07) is 1.69. The second-order valence-corrected chi connectivity index (χ2v) is 9.88. The maximum Gasteiger partial charge on any atom is 0.310 e. The van der Waals surface area contributed by atoms with E-state index in [2.05, 4.69) is 15.0 Å². The molecule has 0 spiro atoms. The Labute approximate surface area is 194 Å². The molecule has 2 heterocycles. The topological polar surface area (TPSA) is 100 Å². The molecule has 0 radical (unpaired) electrons. The van der Waals surface area contributed by atoms with Crippen molar-refractivity contribution >= 4 is 57.3 Å². The molecule has 1 atom stereocenters. The Morgan fingerprint density at radius 2 is 2.10 bits per heavy atom. The van der Waals surface area contributed by atoms with Gasteiger partial charge in [0.2, 0.25) is 10.0 Å². The standard InChI is InChI=1S/C18H30N4O4S2.HI/c1-5-26-17(23)15-7-6-10-22(12-15)18(19-4)20-8-9-21-28(24,25)16-11-13(2)27-14(16)3;/h11,15,21H,5-10,12H2,1-4H3,(H,19,20);1H/t15-;/m1./s1. The van der Waals surface area contributed by atoms with E-state index >= 15 is 0 Å². The fourth-order valence-corrected chi connectivity index (χ4v) is 5.85. The number of carbonyl (C=O) groups excluding carboxylic acids is 1. The number of nitrogens with zero attached hydrogens (tertiary/aromatic N) is 2. The Morgan fingerprint density at radius 1 is 1.38 bits per heavy atom. The number of rotatable bonds is 7. The molecule has 2 rings (SSSR count). The van der Waals surface area contributed by atoms with Crippen LogP contribution < -0.4 is 10.0 Å². The molecule has 1 aromatic rings. The van der Waals surface area contributed by atoms with Crippen molar-refractivity contribution in [1.82, 2.24) is 14.9 Å². The van der Waals surface area contributed by atoms with E-state index in [4.69, 9.17) is 4.74 Å². The van der Waals surface area contributed by atoms with Crippen LogP contribution in [0.1, 0.15) is 29.5 Å². The summed E-state index contributed by atoms with van der Waals surface area (Å²) in [6.07, 6.45) is 1.69. The van der Waals surface area contributed by atoms with E-state index in [1.165, 1.54) is 11.3 Å². The van der Waals surface area contributed by atoms with Gasteiger partial charge in [-0.1, -0.05) is 0 Å². The number of aryl methyl sites for hydroxylation is 2. The van der Waals surface area contributed by atoms with Crippen molar-refractivity contribution in [3.8, 4) is 0 Å². The molecule has 1 aliphatic rings. The van der Waals surface area contributed by atoms with Gasteiger partial charge in [0.15, 0.2) is 5.96 Å². The van der Waals surface area contributed by atoms with Crippen LogP contribution in [0.5, 0.6) is 0 Å². The lowest BCUT2D eigenvalue weighted by molar-refractivity contribution is -0.149. The summed E-state index contributed by atoms with van der Waals surface area (Å²) >= 11 is 1.47. The van der Waals surface area contributed by atoms with E-state index in [1.807, 2.05) is 18.7 Å². The molecule has 1 aromatic heterocycles. The van der Waals surface area contributed by atoms with Crippen LogP contribution in [0.3, 0.4) is 0 Å². The zero-order valence-electron chi connectivity index (χ0n) is 17.4. The first-order valence-corrected chi connectivity index (χ1v) is 11.8. The minimum atomic E-state index is -3.52. The van der Waals surface area contributed by atoms with Crippen molar-refractivity contribution in [2.45, 2.75) is 38.5 Å². The third-order valence-corrected chi connectivity index (χ3v) is 7.22. The fraction of sp³-hybridized carbons (Fsp3) is 0.667. The fourth-order valence-electron chi connectivity index (χ4n) is 3.27. The van der Waals surface area contributed by atoms with Gasteiger partial charge in [0.05, 0.1) is 17.4 Å². The summed E-state index contributed by atoms with van der Waals surface area (Å²) < 4.78 is 32.6. The van der Waals surface area contributed by atoms with Gasteiger partial charge < -0.3 is 15.0 Å². The van der Waals surface area contributed by atoms with Gasteiger partial charge in [0, 0.05) is 43.0 Å². The van der Waals surface area contributed by atoms with Crippen molar-refractivity contribution in [1.29, 1.82) is 0 Å². The van der Waals surface area contributed by atoms with Crippen molar-refractivity contribution in [2.24, 2.45) is 10.9 Å². The predicted molar refractivity (Wildman–Crippen MR) is 127 cm³/mol. The average molecular weight is 559 g/mol. The van der Waals surface area contributed by atoms with Crippen LogP contribution in [-0.2, 0) is 19.6 Å². The highest BCUT2D eigenvalue weighted by molar-refractivity contribution is 14.0. The molecular weight excluding hydrogens is 527 g/mol. The van der Waals surface area contributed by atoms with E-state index in [0.29, 0.717) is 30.6 Å². The number of aliphatic imine (C=N–C) groups is 1. The molecule has 1 saturated heterocycles. The van der Waals surface area contributed by atoms with Crippen molar-refractivity contribution < 1.29 is 17.9 Å². The zero-order chi connectivity index (χ0) is 20.7. The number of piperidine rings is 1. The summed E-state index contributed by atoms with van der Waals surface area (Å²) in [4.78, 5) is 20.4. The van der Waals surface area contributed by atoms with Gasteiger partial charge in [0.1, 0.15) is 0 Å². The van der Waals surface area contributed by atoms with E-state index in [9.17, 15) is 13.2 Å². The molecule has 0 aliphatic carbocycles. The number of hydrogen-bond donors (Lipinski definition) is 2. The number of thiophene rings is 1. The Morgan fingerprint density at radius 3 is 2.69 bits per heavy atom. The third-order valence-electron chi connectivity index (χ3n) is 4.54. The highest BCUT2D eigenvalue weighted by Crippen LogP contribution is 2.24. The summed E-state index contributed by atoms with van der Waals surface area (Å²) in [5, 5.41) is 3.17. The molecule has 0 aromatic carbocycles. The number of ether oxygens (including phenoxy) is 1. The summed E-state index contributed by atoms with van der Waals surface area (Å²) in [6.45, 7) is 7.88. The van der Waals surface area contributed by atoms with Crippen molar-refractivity contribution in [3.05, 3.63) is 15.8 Å². The second-order valence-electron chi connectivity index (χ2n) is 6.69. The predicted octanol–water partition coefficient (Wildman–Crippen LogP) is 2.11. The number of guanidine groups is 1. The van der Waals surface area contributed by atoms with E-state index in [1.54, 1.807) is 20.0 Å². The number of sulfonamides is 1. The van der Waals surface area contributed by atoms with Crippen LogP contribution in [0.25, 0.3) is 0 Å². The molecule has 166 valence electrons. The first kappa shape index (κ1) is 26.1. The average Bonchev–Trinajstić information content (AvgIpc) is 3.01. The Bertz CT molecular complexity index is 811. The van der Waals surface area contributed by atoms with Gasteiger partial charge in [-0.15, -0.1) is 35.3 Å². The summed E-state index contributed by atoms with van der Waals surface area (Å²) in [5.41, 5.74) is 0. The van der Waals surface area contributed by atoms with Gasteiger partial charge in [0.25, 0.3) is 0 Å². The van der Waals surface area contributed by atoms with Crippen LogP contribution in [0.2, 0.25) is 0 Å². The molecule has 2 N–H and O–H groups in total. The minimum absolute atomic E-state index is 0. The Balaban J connectivity index is 0.00000420. The van der Waals surface area contributed by atoms with E-state index in [-0.39, 0.29) is 42.4 Å². The molecule has 1 fully saturated rings. The quantitative estimate of drug-likeness (QED) is 0.175. The van der Waals surface area contributed by atoms with Gasteiger partial charge in [-0.05, 0) is 39.7 Å². The molecule has 11 heteroatoms. The smallest absolute Gasteiger partial charge is 0.310 e. The van der Waals surface area contributed by atoms with Gasteiger partial charge in [-0.2, -0.15) is 0 Å². The molecule has 1 aliphatic heterocycles. The maximum absolute atomic E-state index is 12.4. The third kappa shape index (κ3) is 7.37. The van der Waals surface area contributed by atoms with Gasteiger partial charge in [-0.3, -0.25) is 9.79 Å². The highest BCUT2D eigenvalue weighted by atomic mass is 127. The Kier molecular flexibility index (Phi) is 10.9. The molecule has 8 nitrogen and oxygen atoms in total. The zero-order valence-corrected chi connectivity index (χ0v) is 21.3. The number of halogens is 1. The van der Waals surface area contributed by atoms with Crippen LogP contribution in [0, 0.1) is 19.8 Å². The van der Waals surface area contributed by atoms with Gasteiger partial charge in [-0.25, -0.2) is 13.1 Å². The first-order valence-electron chi connectivity index (χ1n) is 9.47. The van der Waals surface area contributed by atoms with Crippen LogP contribution in [-0.4, -0.2) is 65.1 Å². The Hall–Kier alpha value is -0.920. The van der Waals surface area contributed by atoms with E-state index < -0.39 is 10.0 Å². The molecular formula is C18H31IN4O4S2. The lowest BCUT2D eigenvalue weighted by Gasteiger charge is -2.33. The second kappa shape index (κ2) is 12.1. The SMILES string of the molecule is CCOC(=O)[C@@H]1CCCN(C(=NC)NCCNS(=O)(=O)c2cc(C)sc2C)C1.I. The van der Waals surface area contributed by atoms with Crippen molar-refractivity contribution in [3.63, 3.8) is 0 Å². The minimum Gasteiger partial charge on any atom is -0.466 e. The summed E-state index contributed by atoms with van der Waals surface area (Å²) in [5.74, 6) is 0.336. The van der Waals surface area contributed by atoms with E-state index in [0.717, 1.165) is 29.1 Å². The lowest BCUT2D eigenvalue weighted by atomic mass is 9.98. The van der Waals surface area contributed by atoms with Crippen molar-refractivity contribution in [2.75, 3.05) is 39.8 Å². The normalized spacial score (nSPS) is 17.6. The highest BCUT2D eigenvalue weighted by Gasteiger charge is 2.28. The molecule has 0 unspecified atom stereocenters. The number of esters is 1. The summed E-state index contributed by atoms with van der Waals surface area (Å²) in [7, 11) is -1.84. The number of nitrogens with one attached hydrogen (secondary N) is 2. The molecule has 0 bridgehead atoms. The number of likely N-dealkylation sites (tertiary alicyclic amines) is 1. The van der Waals surface area contributed by atoms with Crippen LogP contribution in [0.15, 0.2) is 16.0 Å². The van der Waals surface area contributed by atoms with Gasteiger partial charge >= 0.3 is 5.97 Å². The number of carbonyl (C=O) groups is 1. The number of hydrogen-bond acceptors (Lipinski definition) is 6. The monoisotopic (exact) mass is 558 g/mol. The molecule has 0 amide bonds. The van der Waals surface area contributed by atoms with Crippen LogP contribution in [0.4, 0.5) is 0 Å². The largest absolute Gasteiger partial charge is 0.466 e. The molecule has 29 heavy (non-hydrogen) atoms. The lowest BCUT2D eigenvalue weighted by Crippen LogP contribution is -2.49. The molecule has 0 saturated carbocycles. The maximum atomic E-state index is 12.4. The van der Waals surface area contributed by atoms with Crippen LogP contribution >= 0.6 is 35.3 Å². The first-order chi connectivity index (χ1) is 13.3.